The van der Waals surface area contributed by atoms with Crippen LogP contribution >= 0.6 is 0 Å². The number of rotatable bonds is 3. The molecule has 2 atom stereocenters. The lowest BCUT2D eigenvalue weighted by Crippen LogP contribution is -2.29. The van der Waals surface area contributed by atoms with E-state index >= 15 is 0 Å². The summed E-state index contributed by atoms with van der Waals surface area (Å²) in [4.78, 5) is 15.3. The van der Waals surface area contributed by atoms with Crippen molar-refractivity contribution >= 4 is 5.97 Å². The highest BCUT2D eigenvalue weighted by atomic mass is 16.4. The molecule has 0 aromatic carbocycles. The molecule has 1 fully saturated rings. The fourth-order valence-corrected chi connectivity index (χ4v) is 2.47. The van der Waals surface area contributed by atoms with Crippen LogP contribution in [0.25, 0.3) is 0 Å². The Bertz CT molecular complexity index is 367. The molecule has 0 unspecified atom stereocenters. The van der Waals surface area contributed by atoms with E-state index in [-0.39, 0.29) is 18.4 Å². The van der Waals surface area contributed by atoms with Gasteiger partial charge in [-0.2, -0.15) is 0 Å². The minimum absolute atomic E-state index is 0.0785. The SMILES string of the molecule is O=C(O)C[C@H]1CCCCN[C@@H]1c1ccccn1. The topological polar surface area (TPSA) is 62.2 Å². The molecule has 4 heteroatoms. The number of carbonyl (C=O) groups is 1. The van der Waals surface area contributed by atoms with Gasteiger partial charge in [-0.15, -0.1) is 0 Å². The summed E-state index contributed by atoms with van der Waals surface area (Å²) in [6, 6.07) is 5.88. The number of aromatic nitrogens is 1. The van der Waals surface area contributed by atoms with Crippen LogP contribution in [-0.2, 0) is 4.79 Å². The van der Waals surface area contributed by atoms with Crippen LogP contribution in [0.5, 0.6) is 0 Å². The lowest BCUT2D eigenvalue weighted by atomic mass is 9.90. The summed E-state index contributed by atoms with van der Waals surface area (Å²) in [5.41, 5.74) is 0.959. The number of hydrogen-bond donors (Lipinski definition) is 2. The normalized spacial score (nSPS) is 25.2. The van der Waals surface area contributed by atoms with Gasteiger partial charge in [-0.25, -0.2) is 0 Å². The first kappa shape index (κ1) is 12.0. The first-order chi connectivity index (χ1) is 8.27. The van der Waals surface area contributed by atoms with E-state index in [9.17, 15) is 4.79 Å². The summed E-state index contributed by atoms with van der Waals surface area (Å²) in [6.45, 7) is 0.942. The van der Waals surface area contributed by atoms with Crippen molar-refractivity contribution in [2.24, 2.45) is 5.92 Å². The fourth-order valence-electron chi connectivity index (χ4n) is 2.47. The minimum Gasteiger partial charge on any atom is -0.481 e. The first-order valence-electron chi connectivity index (χ1n) is 6.13. The third kappa shape index (κ3) is 3.27. The molecule has 1 aliphatic heterocycles. The van der Waals surface area contributed by atoms with Crippen molar-refractivity contribution in [2.45, 2.75) is 31.7 Å². The summed E-state index contributed by atoms with van der Waals surface area (Å²) in [6.07, 6.45) is 5.14. The molecule has 0 spiro atoms. The highest BCUT2D eigenvalue weighted by molar-refractivity contribution is 5.67. The van der Waals surface area contributed by atoms with E-state index in [2.05, 4.69) is 10.3 Å². The van der Waals surface area contributed by atoms with Crippen molar-refractivity contribution in [2.75, 3.05) is 6.54 Å². The third-order valence-electron chi connectivity index (χ3n) is 3.28. The minimum atomic E-state index is -0.723. The molecule has 0 radical (unpaired) electrons. The molecule has 0 bridgehead atoms. The van der Waals surface area contributed by atoms with E-state index in [1.165, 1.54) is 0 Å². The van der Waals surface area contributed by atoms with Gasteiger partial charge in [0.15, 0.2) is 0 Å². The van der Waals surface area contributed by atoms with Crippen molar-refractivity contribution < 1.29 is 9.90 Å². The molecular formula is C13H18N2O2. The summed E-state index contributed by atoms with van der Waals surface area (Å²) in [7, 11) is 0. The van der Waals surface area contributed by atoms with Crippen LogP contribution in [0.4, 0.5) is 0 Å². The Morgan fingerprint density at radius 2 is 2.35 bits per heavy atom. The first-order valence-corrected chi connectivity index (χ1v) is 6.13. The standard InChI is InChI=1S/C13H18N2O2/c16-12(17)9-10-5-1-3-8-15-13(10)11-6-2-4-7-14-11/h2,4,6-7,10,13,15H,1,3,5,8-9H2,(H,16,17)/t10-,13+/m1/s1. The van der Waals surface area contributed by atoms with Crippen molar-refractivity contribution in [3.63, 3.8) is 0 Å². The maximum absolute atomic E-state index is 10.9. The van der Waals surface area contributed by atoms with Crippen molar-refractivity contribution in [3.8, 4) is 0 Å². The number of nitrogens with zero attached hydrogens (tertiary/aromatic N) is 1. The quantitative estimate of drug-likeness (QED) is 0.839. The average Bonchev–Trinajstić information content (AvgIpc) is 2.55. The van der Waals surface area contributed by atoms with Crippen LogP contribution in [0.2, 0.25) is 0 Å². The highest BCUT2D eigenvalue weighted by Gasteiger charge is 2.27. The molecule has 92 valence electrons. The zero-order valence-corrected chi connectivity index (χ0v) is 9.80. The van der Waals surface area contributed by atoms with E-state index in [4.69, 9.17) is 5.11 Å². The van der Waals surface area contributed by atoms with Crippen LogP contribution < -0.4 is 5.32 Å². The van der Waals surface area contributed by atoms with Gasteiger partial charge in [-0.1, -0.05) is 12.5 Å². The Labute approximate surface area is 101 Å². The van der Waals surface area contributed by atoms with E-state index < -0.39 is 5.97 Å². The Hall–Kier alpha value is -1.42. The van der Waals surface area contributed by atoms with Crippen LogP contribution in [0.1, 0.15) is 37.4 Å². The molecular weight excluding hydrogens is 216 g/mol. The summed E-state index contributed by atoms with van der Waals surface area (Å²) >= 11 is 0. The van der Waals surface area contributed by atoms with E-state index in [1.54, 1.807) is 6.20 Å². The van der Waals surface area contributed by atoms with Crippen molar-refractivity contribution in [1.82, 2.24) is 10.3 Å². The van der Waals surface area contributed by atoms with Crippen LogP contribution in [-0.4, -0.2) is 22.6 Å². The van der Waals surface area contributed by atoms with Gasteiger partial charge in [-0.05, 0) is 37.4 Å². The monoisotopic (exact) mass is 234 g/mol. The maximum Gasteiger partial charge on any atom is 0.303 e. The highest BCUT2D eigenvalue weighted by Crippen LogP contribution is 2.30. The number of nitrogens with one attached hydrogen (secondary N) is 1. The lowest BCUT2D eigenvalue weighted by Gasteiger charge is -2.24. The second-order valence-electron chi connectivity index (χ2n) is 4.54. The van der Waals surface area contributed by atoms with Gasteiger partial charge >= 0.3 is 5.97 Å². The molecule has 1 aromatic rings. The van der Waals surface area contributed by atoms with Gasteiger partial charge in [0.2, 0.25) is 0 Å². The molecule has 17 heavy (non-hydrogen) atoms. The summed E-state index contributed by atoms with van der Waals surface area (Å²) in [5.74, 6) is -0.579. The summed E-state index contributed by atoms with van der Waals surface area (Å²) < 4.78 is 0. The van der Waals surface area contributed by atoms with Crippen LogP contribution in [0, 0.1) is 5.92 Å². The van der Waals surface area contributed by atoms with E-state index in [0.717, 1.165) is 31.5 Å². The molecule has 0 amide bonds. The molecule has 1 aliphatic rings. The van der Waals surface area contributed by atoms with Gasteiger partial charge in [0, 0.05) is 6.20 Å². The number of carboxylic acid groups (broad SMARTS) is 1. The van der Waals surface area contributed by atoms with Gasteiger partial charge in [0.05, 0.1) is 18.2 Å². The number of carboxylic acids is 1. The van der Waals surface area contributed by atoms with Crippen molar-refractivity contribution in [3.05, 3.63) is 30.1 Å². The van der Waals surface area contributed by atoms with Gasteiger partial charge in [0.1, 0.15) is 0 Å². The largest absolute Gasteiger partial charge is 0.481 e. The molecule has 2 heterocycles. The average molecular weight is 234 g/mol. The van der Waals surface area contributed by atoms with Crippen LogP contribution in [0.15, 0.2) is 24.4 Å². The second kappa shape index (κ2) is 5.77. The molecule has 2 rings (SSSR count). The fraction of sp³-hybridized carbons (Fsp3) is 0.538. The zero-order chi connectivity index (χ0) is 12.1. The zero-order valence-electron chi connectivity index (χ0n) is 9.80. The third-order valence-corrected chi connectivity index (χ3v) is 3.28. The Balaban J connectivity index is 2.17. The van der Waals surface area contributed by atoms with Gasteiger partial charge < -0.3 is 10.4 Å². The van der Waals surface area contributed by atoms with Gasteiger partial charge in [0.25, 0.3) is 0 Å². The molecule has 1 aromatic heterocycles. The molecule has 0 aliphatic carbocycles. The summed E-state index contributed by atoms with van der Waals surface area (Å²) in [5, 5.41) is 12.4. The molecule has 0 saturated carbocycles. The Morgan fingerprint density at radius 3 is 3.06 bits per heavy atom. The predicted octanol–water partition coefficient (Wildman–Crippen LogP) is 1.99. The predicted molar refractivity (Wildman–Crippen MR) is 64.6 cm³/mol. The number of pyridine rings is 1. The second-order valence-corrected chi connectivity index (χ2v) is 4.54. The van der Waals surface area contributed by atoms with Crippen LogP contribution in [0.3, 0.4) is 0 Å². The number of hydrogen-bond acceptors (Lipinski definition) is 3. The smallest absolute Gasteiger partial charge is 0.303 e. The maximum atomic E-state index is 10.9. The number of aliphatic carboxylic acids is 1. The lowest BCUT2D eigenvalue weighted by molar-refractivity contribution is -0.138. The molecule has 1 saturated heterocycles. The van der Waals surface area contributed by atoms with E-state index in [1.807, 2.05) is 18.2 Å². The Morgan fingerprint density at radius 1 is 1.47 bits per heavy atom. The van der Waals surface area contributed by atoms with Gasteiger partial charge in [-0.3, -0.25) is 9.78 Å². The van der Waals surface area contributed by atoms with Crippen molar-refractivity contribution in [1.29, 1.82) is 0 Å². The Kier molecular flexibility index (Phi) is 4.09. The molecule has 4 nitrogen and oxygen atoms in total. The molecule has 2 N–H and O–H groups in total. The van der Waals surface area contributed by atoms with E-state index in [0.29, 0.717) is 0 Å².